The second-order valence-electron chi connectivity index (χ2n) is 1.52. The molecule has 0 saturated heterocycles. The summed E-state index contributed by atoms with van der Waals surface area (Å²) < 4.78 is 22.8. The zero-order valence-electron chi connectivity index (χ0n) is 5.49. The van der Waals surface area contributed by atoms with Crippen molar-refractivity contribution in [3.05, 3.63) is 18.0 Å². The lowest BCUT2D eigenvalue weighted by atomic mass is 10.5. The smallest absolute Gasteiger partial charge is 0.317 e. The van der Waals surface area contributed by atoms with E-state index in [-0.39, 0.29) is 0 Å². The van der Waals surface area contributed by atoms with E-state index in [9.17, 15) is 0 Å². The fourth-order valence-electron chi connectivity index (χ4n) is 0.273. The zero-order valence-corrected chi connectivity index (χ0v) is 7.82. The van der Waals surface area contributed by atoms with Crippen molar-refractivity contribution < 1.29 is 12.9 Å². The summed E-state index contributed by atoms with van der Waals surface area (Å²) in [6.45, 7) is 1.88. The quantitative estimate of drug-likeness (QED) is 0.621. The van der Waals surface area contributed by atoms with Gasteiger partial charge in [0.15, 0.2) is 0 Å². The standard InChI is InChI=1S/C4H5NO.Cl2O2S/c1-4-2-3-6-5-4;1-5(2,3)4/h2-3H,1H3;. The van der Waals surface area contributed by atoms with E-state index in [0.29, 0.717) is 0 Å². The van der Waals surface area contributed by atoms with Gasteiger partial charge in [0.2, 0.25) is 0 Å². The van der Waals surface area contributed by atoms with Crippen LogP contribution in [0.15, 0.2) is 16.9 Å². The van der Waals surface area contributed by atoms with Crippen molar-refractivity contribution in [3.8, 4) is 0 Å². The van der Waals surface area contributed by atoms with Crippen molar-refractivity contribution in [2.75, 3.05) is 0 Å². The van der Waals surface area contributed by atoms with Crippen molar-refractivity contribution >= 4 is 29.6 Å². The van der Waals surface area contributed by atoms with Crippen molar-refractivity contribution in [1.29, 1.82) is 0 Å². The Hall–Kier alpha value is -0.260. The summed E-state index contributed by atoms with van der Waals surface area (Å²) >= 11 is 0. The van der Waals surface area contributed by atoms with E-state index in [1.54, 1.807) is 12.3 Å². The Morgan fingerprint density at radius 3 is 2.09 bits per heavy atom. The summed E-state index contributed by atoms with van der Waals surface area (Å²) in [4.78, 5) is 0. The summed E-state index contributed by atoms with van der Waals surface area (Å²) in [5, 5.41) is 3.54. The van der Waals surface area contributed by atoms with Gasteiger partial charge in [-0.1, -0.05) is 5.16 Å². The number of halogens is 2. The fraction of sp³-hybridized carbons (Fsp3) is 0.250. The maximum atomic E-state index is 9.16. The molecule has 64 valence electrons. The van der Waals surface area contributed by atoms with Gasteiger partial charge in [-0.05, 0) is 6.92 Å². The van der Waals surface area contributed by atoms with Crippen molar-refractivity contribution in [2.45, 2.75) is 6.92 Å². The summed E-state index contributed by atoms with van der Waals surface area (Å²) in [5.41, 5.74) is 0.926. The Balaban J connectivity index is 0.000000187. The van der Waals surface area contributed by atoms with Gasteiger partial charge in [-0.3, -0.25) is 0 Å². The Bertz CT molecular complexity index is 272. The highest BCUT2D eigenvalue weighted by atomic mass is 36.0. The highest BCUT2D eigenvalue weighted by molar-refractivity contribution is 8.31. The Morgan fingerprint density at radius 1 is 1.55 bits per heavy atom. The molecular formula is C4H5Cl2NO3S. The predicted molar refractivity (Wildman–Crippen MR) is 41.9 cm³/mol. The van der Waals surface area contributed by atoms with Gasteiger partial charge in [0.25, 0.3) is 0 Å². The molecule has 0 unspecified atom stereocenters. The second kappa shape index (κ2) is 4.58. The Morgan fingerprint density at radius 2 is 2.00 bits per heavy atom. The molecule has 0 fully saturated rings. The van der Waals surface area contributed by atoms with Crippen LogP contribution in [0.5, 0.6) is 0 Å². The monoisotopic (exact) mass is 217 g/mol. The van der Waals surface area contributed by atoms with Crippen LogP contribution in [0.1, 0.15) is 5.69 Å². The lowest BCUT2D eigenvalue weighted by Crippen LogP contribution is -1.63. The SMILES string of the molecule is Cc1ccon1.O=S(=O)(Cl)Cl. The summed E-state index contributed by atoms with van der Waals surface area (Å²) in [7, 11) is 4.81. The molecule has 0 aromatic carbocycles. The third-order valence-electron chi connectivity index (χ3n) is 0.567. The first-order chi connectivity index (χ1) is 4.89. The van der Waals surface area contributed by atoms with E-state index >= 15 is 0 Å². The number of rotatable bonds is 0. The average Bonchev–Trinajstić information content (AvgIpc) is 2.12. The lowest BCUT2D eigenvalue weighted by molar-refractivity contribution is 0.415. The number of aromatic nitrogens is 1. The minimum Gasteiger partial charge on any atom is -0.365 e. The van der Waals surface area contributed by atoms with Gasteiger partial charge in [0, 0.05) is 27.4 Å². The van der Waals surface area contributed by atoms with Crippen LogP contribution in [0.2, 0.25) is 0 Å². The third kappa shape index (κ3) is 12.8. The molecule has 7 heteroatoms. The van der Waals surface area contributed by atoms with Gasteiger partial charge in [0.1, 0.15) is 6.26 Å². The molecule has 0 saturated carbocycles. The topological polar surface area (TPSA) is 60.2 Å². The van der Waals surface area contributed by atoms with Crippen LogP contribution in [0.3, 0.4) is 0 Å². The molecule has 0 bridgehead atoms. The molecule has 0 amide bonds. The van der Waals surface area contributed by atoms with Crippen LogP contribution in [0.4, 0.5) is 0 Å². The number of hydrogen-bond acceptors (Lipinski definition) is 4. The van der Waals surface area contributed by atoms with Gasteiger partial charge in [-0.25, -0.2) is 0 Å². The molecule has 0 atom stereocenters. The number of nitrogens with zero attached hydrogens (tertiary/aromatic N) is 1. The lowest BCUT2D eigenvalue weighted by Gasteiger charge is -1.62. The third-order valence-corrected chi connectivity index (χ3v) is 0.567. The van der Waals surface area contributed by atoms with Crippen LogP contribution in [0, 0.1) is 6.92 Å². The van der Waals surface area contributed by atoms with Crippen LogP contribution >= 0.6 is 21.4 Å². The summed E-state index contributed by atoms with van der Waals surface area (Å²) in [6, 6.07) is 1.81. The minimum absolute atomic E-state index is 0.926. The predicted octanol–water partition coefficient (Wildman–Crippen LogP) is 1.69. The van der Waals surface area contributed by atoms with E-state index in [2.05, 4.69) is 31.0 Å². The van der Waals surface area contributed by atoms with E-state index in [4.69, 9.17) is 8.42 Å². The molecule has 0 aliphatic carbocycles. The molecule has 1 rings (SSSR count). The molecule has 0 aliphatic rings. The molecule has 0 radical (unpaired) electrons. The van der Waals surface area contributed by atoms with E-state index in [1.165, 1.54) is 0 Å². The van der Waals surface area contributed by atoms with Crippen LogP contribution in [-0.4, -0.2) is 13.6 Å². The van der Waals surface area contributed by atoms with E-state index in [1.807, 2.05) is 6.92 Å². The van der Waals surface area contributed by atoms with Crippen molar-refractivity contribution in [2.24, 2.45) is 0 Å². The molecule has 1 heterocycles. The minimum atomic E-state index is -3.72. The molecule has 0 spiro atoms. The number of aryl methyl sites for hydroxylation is 1. The average molecular weight is 218 g/mol. The van der Waals surface area contributed by atoms with E-state index in [0.717, 1.165) is 5.69 Å². The van der Waals surface area contributed by atoms with Gasteiger partial charge in [0.05, 0.1) is 5.69 Å². The second-order valence-corrected chi connectivity index (χ2v) is 5.19. The van der Waals surface area contributed by atoms with Crippen molar-refractivity contribution in [1.82, 2.24) is 5.16 Å². The number of hydrogen-bond donors (Lipinski definition) is 0. The maximum Gasteiger partial charge on any atom is 0.317 e. The highest BCUT2D eigenvalue weighted by Gasteiger charge is 1.88. The van der Waals surface area contributed by atoms with Crippen LogP contribution < -0.4 is 0 Å². The molecule has 1 aromatic rings. The molecule has 1 aromatic heterocycles. The highest BCUT2D eigenvalue weighted by Crippen LogP contribution is 1.98. The van der Waals surface area contributed by atoms with Gasteiger partial charge >= 0.3 is 8.26 Å². The van der Waals surface area contributed by atoms with Gasteiger partial charge in [-0.15, -0.1) is 0 Å². The largest absolute Gasteiger partial charge is 0.365 e. The zero-order chi connectivity index (χ0) is 8.91. The van der Waals surface area contributed by atoms with Crippen LogP contribution in [-0.2, 0) is 8.26 Å². The van der Waals surface area contributed by atoms with Crippen LogP contribution in [0.25, 0.3) is 0 Å². The van der Waals surface area contributed by atoms with E-state index < -0.39 is 8.26 Å². The van der Waals surface area contributed by atoms with Gasteiger partial charge in [-0.2, -0.15) is 8.42 Å². The first-order valence-electron chi connectivity index (χ1n) is 2.41. The summed E-state index contributed by atoms with van der Waals surface area (Å²) in [5.74, 6) is 0. The molecular weight excluding hydrogens is 213 g/mol. The Kier molecular flexibility index (Phi) is 4.48. The maximum absolute atomic E-state index is 9.16. The molecule has 11 heavy (non-hydrogen) atoms. The van der Waals surface area contributed by atoms with Crippen molar-refractivity contribution in [3.63, 3.8) is 0 Å². The first kappa shape index (κ1) is 10.7. The Labute approximate surface area is 73.0 Å². The molecule has 0 N–H and O–H groups in total. The molecule has 4 nitrogen and oxygen atoms in total. The molecule has 0 aliphatic heterocycles. The van der Waals surface area contributed by atoms with Gasteiger partial charge < -0.3 is 4.52 Å². The first-order valence-corrected chi connectivity index (χ1v) is 5.54. The summed E-state index contributed by atoms with van der Waals surface area (Å²) in [6.07, 6.45) is 1.55. The fourth-order valence-corrected chi connectivity index (χ4v) is 0.273. The normalized spacial score (nSPS) is 10.1.